The maximum absolute atomic E-state index is 12.2. The number of nitrogens with two attached hydrogens (primary N) is 1. The third-order valence-corrected chi connectivity index (χ3v) is 4.53. The third kappa shape index (κ3) is 5.16. The molecular weight excluding hydrogens is 260 g/mol. The van der Waals surface area contributed by atoms with E-state index in [-0.39, 0.29) is 5.91 Å². The van der Waals surface area contributed by atoms with E-state index in [0.717, 1.165) is 24.3 Å². The number of carbonyl (C=O) groups excluding carboxylic acids is 1. The van der Waals surface area contributed by atoms with Crippen LogP contribution in [0.15, 0.2) is 30.3 Å². The number of nitrogens with one attached hydrogen (secondary N) is 1. The van der Waals surface area contributed by atoms with Crippen LogP contribution in [-0.2, 0) is 11.2 Å². The minimum Gasteiger partial charge on any atom is -0.352 e. The van der Waals surface area contributed by atoms with Crippen molar-refractivity contribution >= 4 is 5.91 Å². The van der Waals surface area contributed by atoms with Crippen LogP contribution >= 0.6 is 0 Å². The van der Waals surface area contributed by atoms with Crippen LogP contribution in [0, 0.1) is 5.92 Å². The van der Waals surface area contributed by atoms with Gasteiger partial charge in [0.05, 0.1) is 6.04 Å². The van der Waals surface area contributed by atoms with Gasteiger partial charge in [0.1, 0.15) is 0 Å². The highest BCUT2D eigenvalue weighted by atomic mass is 16.2. The number of carbonyl (C=O) groups is 1. The molecule has 21 heavy (non-hydrogen) atoms. The first-order chi connectivity index (χ1) is 10.2. The van der Waals surface area contributed by atoms with E-state index < -0.39 is 6.04 Å². The van der Waals surface area contributed by atoms with Gasteiger partial charge < -0.3 is 11.1 Å². The minimum absolute atomic E-state index is 0.00204. The summed E-state index contributed by atoms with van der Waals surface area (Å²) >= 11 is 0. The van der Waals surface area contributed by atoms with Crippen molar-refractivity contribution in [3.05, 3.63) is 35.9 Å². The molecule has 1 fully saturated rings. The Bertz CT molecular complexity index is 424. The first-order valence-electron chi connectivity index (χ1n) is 8.29. The molecule has 0 bridgehead atoms. The Morgan fingerprint density at radius 3 is 2.52 bits per heavy atom. The SMILES string of the molecule is CCCC1CCC(NC(=O)[C@H](N)Cc2ccccc2)CC1. The average molecular weight is 288 g/mol. The third-order valence-electron chi connectivity index (χ3n) is 4.53. The summed E-state index contributed by atoms with van der Waals surface area (Å²) in [7, 11) is 0. The van der Waals surface area contributed by atoms with Gasteiger partial charge in [-0.15, -0.1) is 0 Å². The lowest BCUT2D eigenvalue weighted by atomic mass is 9.83. The van der Waals surface area contributed by atoms with Crippen LogP contribution in [-0.4, -0.2) is 18.0 Å². The molecule has 0 unspecified atom stereocenters. The Morgan fingerprint density at radius 2 is 1.90 bits per heavy atom. The van der Waals surface area contributed by atoms with E-state index in [4.69, 9.17) is 5.73 Å². The second-order valence-corrected chi connectivity index (χ2v) is 6.31. The van der Waals surface area contributed by atoms with Crippen molar-refractivity contribution in [2.24, 2.45) is 11.7 Å². The molecule has 3 nitrogen and oxygen atoms in total. The number of benzene rings is 1. The minimum atomic E-state index is -0.444. The Kier molecular flexibility index (Phi) is 6.24. The van der Waals surface area contributed by atoms with E-state index in [1.807, 2.05) is 30.3 Å². The molecule has 1 saturated carbocycles. The molecule has 2 rings (SSSR count). The fourth-order valence-corrected chi connectivity index (χ4v) is 3.27. The van der Waals surface area contributed by atoms with E-state index >= 15 is 0 Å². The van der Waals surface area contributed by atoms with Gasteiger partial charge in [0.25, 0.3) is 0 Å². The summed E-state index contributed by atoms with van der Waals surface area (Å²) in [5, 5.41) is 3.14. The largest absolute Gasteiger partial charge is 0.352 e. The van der Waals surface area contributed by atoms with Gasteiger partial charge in [0.2, 0.25) is 5.91 Å². The van der Waals surface area contributed by atoms with Crippen molar-refractivity contribution in [3.63, 3.8) is 0 Å². The van der Waals surface area contributed by atoms with Gasteiger partial charge in [-0.3, -0.25) is 4.79 Å². The van der Waals surface area contributed by atoms with Crippen LogP contribution in [0.4, 0.5) is 0 Å². The lowest BCUT2D eigenvalue weighted by Crippen LogP contribution is -2.47. The summed E-state index contributed by atoms with van der Waals surface area (Å²) in [6.45, 7) is 2.25. The molecule has 0 saturated heterocycles. The van der Waals surface area contributed by atoms with Crippen LogP contribution in [0.25, 0.3) is 0 Å². The number of hydrogen-bond donors (Lipinski definition) is 2. The Hall–Kier alpha value is -1.35. The molecule has 3 heteroatoms. The zero-order valence-corrected chi connectivity index (χ0v) is 13.1. The quantitative estimate of drug-likeness (QED) is 0.845. The highest BCUT2D eigenvalue weighted by molar-refractivity contribution is 5.82. The Morgan fingerprint density at radius 1 is 1.24 bits per heavy atom. The summed E-state index contributed by atoms with van der Waals surface area (Å²) < 4.78 is 0. The molecule has 3 N–H and O–H groups in total. The highest BCUT2D eigenvalue weighted by Gasteiger charge is 2.23. The van der Waals surface area contributed by atoms with E-state index in [1.54, 1.807) is 0 Å². The first-order valence-corrected chi connectivity index (χ1v) is 8.29. The summed E-state index contributed by atoms with van der Waals surface area (Å²) in [5.41, 5.74) is 7.15. The van der Waals surface area contributed by atoms with Crippen LogP contribution in [0.3, 0.4) is 0 Å². The molecule has 0 radical (unpaired) electrons. The summed E-state index contributed by atoms with van der Waals surface area (Å²) in [6, 6.07) is 9.85. The molecule has 1 aromatic carbocycles. The van der Waals surface area contributed by atoms with E-state index in [2.05, 4.69) is 12.2 Å². The van der Waals surface area contributed by atoms with Gasteiger partial charge >= 0.3 is 0 Å². The topological polar surface area (TPSA) is 55.1 Å². The van der Waals surface area contributed by atoms with Crippen molar-refractivity contribution in [2.75, 3.05) is 0 Å². The van der Waals surface area contributed by atoms with Gasteiger partial charge in [-0.1, -0.05) is 50.1 Å². The maximum atomic E-state index is 12.2. The predicted octanol–water partition coefficient (Wildman–Crippen LogP) is 3.03. The molecule has 0 aromatic heterocycles. The van der Waals surface area contributed by atoms with Crippen LogP contribution < -0.4 is 11.1 Å². The molecular formula is C18H28N2O. The molecule has 1 aromatic rings. The lowest BCUT2D eigenvalue weighted by molar-refractivity contribution is -0.123. The molecule has 1 aliphatic rings. The van der Waals surface area contributed by atoms with Gasteiger partial charge in [-0.05, 0) is 43.6 Å². The van der Waals surface area contributed by atoms with Crippen molar-refractivity contribution in [1.29, 1.82) is 0 Å². The van der Waals surface area contributed by atoms with Crippen molar-refractivity contribution in [2.45, 2.75) is 64.0 Å². The second-order valence-electron chi connectivity index (χ2n) is 6.31. The van der Waals surface area contributed by atoms with Gasteiger partial charge in [0.15, 0.2) is 0 Å². The van der Waals surface area contributed by atoms with E-state index in [1.165, 1.54) is 25.7 Å². The van der Waals surface area contributed by atoms with Gasteiger partial charge in [0, 0.05) is 6.04 Å². The zero-order chi connectivity index (χ0) is 15.1. The van der Waals surface area contributed by atoms with E-state index in [0.29, 0.717) is 12.5 Å². The molecule has 116 valence electrons. The van der Waals surface area contributed by atoms with Crippen molar-refractivity contribution < 1.29 is 4.79 Å². The summed E-state index contributed by atoms with van der Waals surface area (Å²) in [4.78, 5) is 12.2. The number of amides is 1. The van der Waals surface area contributed by atoms with E-state index in [9.17, 15) is 4.79 Å². The number of rotatable bonds is 6. The monoisotopic (exact) mass is 288 g/mol. The van der Waals surface area contributed by atoms with Crippen LogP contribution in [0.5, 0.6) is 0 Å². The standard InChI is InChI=1S/C18H28N2O/c1-2-6-14-9-11-16(12-10-14)20-18(21)17(19)13-15-7-4-3-5-8-15/h3-5,7-8,14,16-17H,2,6,9-13,19H2,1H3,(H,20,21)/t14?,16?,17-/m1/s1. The van der Waals surface area contributed by atoms with Crippen molar-refractivity contribution in [3.8, 4) is 0 Å². The fraction of sp³-hybridized carbons (Fsp3) is 0.611. The average Bonchev–Trinajstić information content (AvgIpc) is 2.50. The molecule has 1 aliphatic carbocycles. The first kappa shape index (κ1) is 16.0. The molecule has 1 atom stereocenters. The molecule has 0 spiro atoms. The smallest absolute Gasteiger partial charge is 0.237 e. The molecule has 0 heterocycles. The number of hydrogen-bond acceptors (Lipinski definition) is 2. The second kappa shape index (κ2) is 8.18. The maximum Gasteiger partial charge on any atom is 0.237 e. The van der Waals surface area contributed by atoms with Crippen LogP contribution in [0.2, 0.25) is 0 Å². The summed E-state index contributed by atoms with van der Waals surface area (Å²) in [6.07, 6.45) is 7.90. The Balaban J connectivity index is 1.74. The molecule has 1 amide bonds. The Labute approximate surface area is 128 Å². The van der Waals surface area contributed by atoms with Gasteiger partial charge in [-0.25, -0.2) is 0 Å². The van der Waals surface area contributed by atoms with Gasteiger partial charge in [-0.2, -0.15) is 0 Å². The summed E-state index contributed by atoms with van der Waals surface area (Å²) in [5.74, 6) is 0.860. The zero-order valence-electron chi connectivity index (χ0n) is 13.1. The molecule has 0 aliphatic heterocycles. The highest BCUT2D eigenvalue weighted by Crippen LogP contribution is 2.27. The van der Waals surface area contributed by atoms with Crippen molar-refractivity contribution in [1.82, 2.24) is 5.32 Å². The normalized spacial score (nSPS) is 23.5. The predicted molar refractivity (Wildman–Crippen MR) is 86.9 cm³/mol. The lowest BCUT2D eigenvalue weighted by Gasteiger charge is -2.29. The van der Waals surface area contributed by atoms with Crippen LogP contribution in [0.1, 0.15) is 51.0 Å². The fourth-order valence-electron chi connectivity index (χ4n) is 3.27.